The van der Waals surface area contributed by atoms with Gasteiger partial charge in [-0.25, -0.2) is 0 Å². The number of unbranched alkanes of at least 4 members (excludes halogenated alkanes) is 1. The van der Waals surface area contributed by atoms with Gasteiger partial charge in [0.25, 0.3) is 0 Å². The Morgan fingerprint density at radius 1 is 1.15 bits per heavy atom. The summed E-state index contributed by atoms with van der Waals surface area (Å²) in [7, 11) is 3.25. The molecule has 0 aliphatic carbocycles. The molecule has 0 fully saturated rings. The average molecular weight is 270 g/mol. The van der Waals surface area contributed by atoms with Gasteiger partial charge in [0, 0.05) is 23.6 Å². The monoisotopic (exact) mass is 270 g/mol. The van der Waals surface area contributed by atoms with Crippen LogP contribution in [0.2, 0.25) is 0 Å². The molecule has 4 nitrogen and oxygen atoms in total. The van der Waals surface area contributed by atoms with E-state index in [1.165, 1.54) is 0 Å². The summed E-state index contributed by atoms with van der Waals surface area (Å²) in [4.78, 5) is 4.65. The molecule has 0 aliphatic rings. The van der Waals surface area contributed by atoms with Crippen LogP contribution in [0.25, 0.3) is 10.9 Å². The molecule has 104 valence electrons. The van der Waals surface area contributed by atoms with E-state index in [9.17, 15) is 0 Å². The molecule has 2 aromatic rings. The highest BCUT2D eigenvalue weighted by Gasteiger charge is 2.10. The van der Waals surface area contributed by atoms with Crippen LogP contribution in [0.1, 0.15) is 24.1 Å². The van der Waals surface area contributed by atoms with E-state index in [4.69, 9.17) is 14.7 Å². The van der Waals surface area contributed by atoms with Crippen LogP contribution in [0.3, 0.4) is 0 Å². The minimum Gasteiger partial charge on any atom is -0.493 e. The fraction of sp³-hybridized carbons (Fsp3) is 0.375. The summed E-state index contributed by atoms with van der Waals surface area (Å²) >= 11 is 0. The fourth-order valence-corrected chi connectivity index (χ4v) is 2.27. The molecule has 0 radical (unpaired) electrons. The molecule has 0 amide bonds. The molecule has 0 aliphatic heterocycles. The number of hydrogen-bond donors (Lipinski definition) is 0. The van der Waals surface area contributed by atoms with E-state index < -0.39 is 0 Å². The maximum Gasteiger partial charge on any atom is 0.162 e. The van der Waals surface area contributed by atoms with Crippen LogP contribution in [-0.4, -0.2) is 19.2 Å². The number of benzene rings is 1. The van der Waals surface area contributed by atoms with Gasteiger partial charge in [0.05, 0.1) is 25.8 Å². The van der Waals surface area contributed by atoms with Crippen molar-refractivity contribution in [2.24, 2.45) is 0 Å². The maximum absolute atomic E-state index is 8.60. The van der Waals surface area contributed by atoms with E-state index in [0.717, 1.165) is 35.0 Å². The zero-order valence-corrected chi connectivity index (χ0v) is 12.1. The maximum atomic E-state index is 8.60. The third-order valence-electron chi connectivity index (χ3n) is 3.30. The molecule has 1 aromatic heterocycles. The second kappa shape index (κ2) is 6.25. The van der Waals surface area contributed by atoms with Gasteiger partial charge < -0.3 is 9.47 Å². The lowest BCUT2D eigenvalue weighted by Crippen LogP contribution is -1.96. The third-order valence-corrected chi connectivity index (χ3v) is 3.30. The van der Waals surface area contributed by atoms with Gasteiger partial charge >= 0.3 is 0 Å². The van der Waals surface area contributed by atoms with Crippen molar-refractivity contribution in [1.82, 2.24) is 4.98 Å². The Hall–Kier alpha value is -2.28. The number of methoxy groups -OCH3 is 2. The van der Waals surface area contributed by atoms with Gasteiger partial charge in [0.1, 0.15) is 0 Å². The minimum atomic E-state index is 0.560. The molecule has 0 N–H and O–H groups in total. The number of rotatable bonds is 5. The lowest BCUT2D eigenvalue weighted by Gasteiger charge is -2.11. The van der Waals surface area contributed by atoms with Crippen LogP contribution in [0, 0.1) is 18.3 Å². The average Bonchev–Trinajstić information content (AvgIpc) is 2.46. The Morgan fingerprint density at radius 3 is 2.50 bits per heavy atom. The lowest BCUT2D eigenvalue weighted by atomic mass is 10.1. The molecular formula is C16H18N2O2. The number of fused-ring (bicyclic) bond motifs is 1. The summed E-state index contributed by atoms with van der Waals surface area (Å²) in [6.45, 7) is 2.06. The number of aromatic nitrogens is 1. The second-order valence-electron chi connectivity index (χ2n) is 4.67. The van der Waals surface area contributed by atoms with Crippen LogP contribution in [-0.2, 0) is 6.42 Å². The van der Waals surface area contributed by atoms with Gasteiger partial charge in [-0.3, -0.25) is 4.98 Å². The second-order valence-corrected chi connectivity index (χ2v) is 4.67. The van der Waals surface area contributed by atoms with Gasteiger partial charge in [0.2, 0.25) is 0 Å². The molecule has 4 heteroatoms. The van der Waals surface area contributed by atoms with Gasteiger partial charge in [0.15, 0.2) is 11.5 Å². The van der Waals surface area contributed by atoms with Crippen molar-refractivity contribution in [3.8, 4) is 17.6 Å². The topological polar surface area (TPSA) is 55.1 Å². The predicted octanol–water partition coefficient (Wildman–Crippen LogP) is 3.41. The molecule has 0 saturated carbocycles. The van der Waals surface area contributed by atoms with Crippen molar-refractivity contribution in [1.29, 1.82) is 5.26 Å². The quantitative estimate of drug-likeness (QED) is 0.781. The molecule has 0 spiro atoms. The first-order chi connectivity index (χ1) is 9.69. The Morgan fingerprint density at radius 2 is 1.85 bits per heavy atom. The smallest absolute Gasteiger partial charge is 0.162 e. The number of ether oxygens (including phenoxy) is 2. The molecule has 1 heterocycles. The van der Waals surface area contributed by atoms with Crippen LogP contribution < -0.4 is 9.47 Å². The molecule has 20 heavy (non-hydrogen) atoms. The standard InChI is InChI=1S/C16H18N2O2/c1-11-8-12(6-4-5-7-17)18-14-10-16(20-3)15(19-2)9-13(11)14/h8-10H,4-6H2,1-3H3. The summed E-state index contributed by atoms with van der Waals surface area (Å²) < 4.78 is 10.6. The molecule has 0 unspecified atom stereocenters. The SMILES string of the molecule is COc1cc2nc(CCCC#N)cc(C)c2cc1OC. The predicted molar refractivity (Wildman–Crippen MR) is 78.1 cm³/mol. The Bertz CT molecular complexity index is 660. The van der Waals surface area contributed by atoms with Crippen molar-refractivity contribution in [3.63, 3.8) is 0 Å². The highest BCUT2D eigenvalue weighted by molar-refractivity contribution is 5.85. The van der Waals surface area contributed by atoms with E-state index in [-0.39, 0.29) is 0 Å². The van der Waals surface area contributed by atoms with Crippen molar-refractivity contribution >= 4 is 10.9 Å². The molecule has 2 rings (SSSR count). The summed E-state index contributed by atoms with van der Waals surface area (Å²) in [6.07, 6.45) is 2.21. The summed E-state index contributed by atoms with van der Waals surface area (Å²) in [5.74, 6) is 1.39. The van der Waals surface area contributed by atoms with E-state index in [1.54, 1.807) is 14.2 Å². The Labute approximate surface area is 119 Å². The first kappa shape index (κ1) is 14.1. The van der Waals surface area contributed by atoms with E-state index >= 15 is 0 Å². The summed E-state index contributed by atoms with van der Waals surface area (Å²) in [5, 5.41) is 9.66. The first-order valence-electron chi connectivity index (χ1n) is 6.58. The zero-order chi connectivity index (χ0) is 14.5. The van der Waals surface area contributed by atoms with E-state index in [2.05, 4.69) is 24.0 Å². The molecule has 0 bridgehead atoms. The molecule has 1 aromatic carbocycles. The fourth-order valence-electron chi connectivity index (χ4n) is 2.27. The molecule has 0 saturated heterocycles. The molecule has 0 atom stereocenters. The highest BCUT2D eigenvalue weighted by Crippen LogP contribution is 2.33. The van der Waals surface area contributed by atoms with Gasteiger partial charge in [-0.15, -0.1) is 0 Å². The number of hydrogen-bond acceptors (Lipinski definition) is 4. The number of nitriles is 1. The normalized spacial score (nSPS) is 10.3. The van der Waals surface area contributed by atoms with Crippen molar-refractivity contribution in [2.45, 2.75) is 26.2 Å². The van der Waals surface area contributed by atoms with E-state index in [1.807, 2.05) is 12.1 Å². The first-order valence-corrected chi connectivity index (χ1v) is 6.58. The highest BCUT2D eigenvalue weighted by atomic mass is 16.5. The van der Waals surface area contributed by atoms with Crippen LogP contribution in [0.5, 0.6) is 11.5 Å². The van der Waals surface area contributed by atoms with Crippen molar-refractivity contribution < 1.29 is 9.47 Å². The number of aryl methyl sites for hydroxylation is 2. The summed E-state index contributed by atoms with van der Waals surface area (Å²) in [6, 6.07) is 8.09. The zero-order valence-electron chi connectivity index (χ0n) is 12.1. The Balaban J connectivity index is 2.45. The largest absolute Gasteiger partial charge is 0.493 e. The number of pyridine rings is 1. The summed E-state index contributed by atoms with van der Waals surface area (Å²) in [5.41, 5.74) is 3.06. The molecular weight excluding hydrogens is 252 g/mol. The van der Waals surface area contributed by atoms with Gasteiger partial charge in [-0.1, -0.05) is 0 Å². The number of nitrogens with zero attached hydrogens (tertiary/aromatic N) is 2. The van der Waals surface area contributed by atoms with Crippen LogP contribution in [0.15, 0.2) is 18.2 Å². The van der Waals surface area contributed by atoms with Crippen molar-refractivity contribution in [3.05, 3.63) is 29.5 Å². The van der Waals surface area contributed by atoms with Crippen LogP contribution >= 0.6 is 0 Å². The lowest BCUT2D eigenvalue weighted by molar-refractivity contribution is 0.356. The van der Waals surface area contributed by atoms with Crippen LogP contribution in [0.4, 0.5) is 0 Å². The van der Waals surface area contributed by atoms with E-state index in [0.29, 0.717) is 17.9 Å². The Kier molecular flexibility index (Phi) is 4.41. The van der Waals surface area contributed by atoms with Gasteiger partial charge in [-0.05, 0) is 37.5 Å². The van der Waals surface area contributed by atoms with Gasteiger partial charge in [-0.2, -0.15) is 5.26 Å². The minimum absolute atomic E-state index is 0.560. The third kappa shape index (κ3) is 2.83. The van der Waals surface area contributed by atoms with Crippen molar-refractivity contribution in [2.75, 3.05) is 14.2 Å².